The highest BCUT2D eigenvalue weighted by molar-refractivity contribution is 6.33. The van der Waals surface area contributed by atoms with Crippen molar-refractivity contribution in [3.8, 4) is 0 Å². The summed E-state index contributed by atoms with van der Waals surface area (Å²) in [5.74, 6) is -0.219. The van der Waals surface area contributed by atoms with Crippen molar-refractivity contribution in [1.29, 1.82) is 0 Å². The quantitative estimate of drug-likeness (QED) is 0.503. The second-order valence-electron chi connectivity index (χ2n) is 2.83. The fourth-order valence-electron chi connectivity index (χ4n) is 0.986. The van der Waals surface area contributed by atoms with E-state index < -0.39 is 0 Å². The third-order valence-corrected chi connectivity index (χ3v) is 2.05. The molecule has 3 nitrogen and oxygen atoms in total. The topological polar surface area (TPSA) is 42.0 Å². The molecule has 0 spiro atoms. The second-order valence-corrected chi connectivity index (χ2v) is 3.61. The van der Waals surface area contributed by atoms with Gasteiger partial charge in [-0.1, -0.05) is 29.3 Å². The number of pyridine rings is 1. The van der Waals surface area contributed by atoms with Crippen LogP contribution in [0.25, 0.3) is 0 Å². The molecule has 1 aromatic heterocycles. The first-order valence-electron chi connectivity index (χ1n) is 4.35. The molecule has 0 aliphatic heterocycles. The van der Waals surface area contributed by atoms with E-state index in [-0.39, 0.29) is 16.2 Å². The minimum absolute atomic E-state index is 0.205. The van der Waals surface area contributed by atoms with Crippen LogP contribution in [0, 0.1) is 0 Å². The molecule has 0 unspecified atom stereocenters. The van der Waals surface area contributed by atoms with E-state index in [1.807, 2.05) is 0 Å². The van der Waals surface area contributed by atoms with Gasteiger partial charge in [-0.05, 0) is 18.6 Å². The number of amides is 1. The molecule has 5 heteroatoms. The fourth-order valence-corrected chi connectivity index (χ4v) is 1.45. The lowest BCUT2D eigenvalue weighted by molar-refractivity contribution is 0.0954. The lowest BCUT2D eigenvalue weighted by Crippen LogP contribution is -2.24. The summed E-state index contributed by atoms with van der Waals surface area (Å²) in [6.07, 6.45) is 2.45. The van der Waals surface area contributed by atoms with E-state index in [2.05, 4.69) is 16.9 Å². The van der Waals surface area contributed by atoms with Crippen molar-refractivity contribution in [1.82, 2.24) is 10.3 Å². The van der Waals surface area contributed by atoms with E-state index >= 15 is 0 Å². The highest BCUT2D eigenvalue weighted by Gasteiger charge is 2.07. The Labute approximate surface area is 98.1 Å². The average molecular weight is 245 g/mol. The summed E-state index contributed by atoms with van der Waals surface area (Å²) in [6, 6.07) is 2.94. The summed E-state index contributed by atoms with van der Waals surface area (Å²) in [5, 5.41) is 3.11. The molecular weight excluding hydrogens is 235 g/mol. The molecule has 0 saturated heterocycles. The lowest BCUT2D eigenvalue weighted by Gasteiger charge is -2.03. The Morgan fingerprint density at radius 3 is 2.60 bits per heavy atom. The Morgan fingerprint density at radius 1 is 1.47 bits per heavy atom. The number of aromatic nitrogens is 1. The third-order valence-electron chi connectivity index (χ3n) is 1.66. The summed E-state index contributed by atoms with van der Waals surface area (Å²) in [7, 11) is 0. The number of nitrogens with one attached hydrogen (secondary N) is 1. The summed E-state index contributed by atoms with van der Waals surface area (Å²) in [4.78, 5) is 15.3. The molecular formula is C10H10Cl2N2O. The Kier molecular flexibility index (Phi) is 4.59. The molecule has 0 bridgehead atoms. The van der Waals surface area contributed by atoms with Crippen molar-refractivity contribution < 1.29 is 4.79 Å². The molecule has 0 aliphatic rings. The van der Waals surface area contributed by atoms with Crippen LogP contribution in [0.15, 0.2) is 24.8 Å². The van der Waals surface area contributed by atoms with Gasteiger partial charge in [-0.15, -0.1) is 6.58 Å². The van der Waals surface area contributed by atoms with Gasteiger partial charge in [0.2, 0.25) is 0 Å². The normalized spacial score (nSPS) is 9.73. The van der Waals surface area contributed by atoms with E-state index in [4.69, 9.17) is 23.2 Å². The van der Waals surface area contributed by atoms with E-state index in [0.717, 1.165) is 6.42 Å². The smallest absolute Gasteiger partial charge is 0.251 e. The number of nitrogens with zero attached hydrogens (tertiary/aromatic N) is 1. The van der Waals surface area contributed by atoms with Crippen LogP contribution >= 0.6 is 23.2 Å². The molecule has 0 saturated carbocycles. The Morgan fingerprint density at radius 2 is 2.07 bits per heavy atom. The summed E-state index contributed by atoms with van der Waals surface area (Å²) < 4.78 is 0. The maximum Gasteiger partial charge on any atom is 0.251 e. The van der Waals surface area contributed by atoms with Gasteiger partial charge < -0.3 is 5.32 Å². The number of hydrogen-bond donors (Lipinski definition) is 1. The first-order valence-corrected chi connectivity index (χ1v) is 5.11. The van der Waals surface area contributed by atoms with Gasteiger partial charge in [0.1, 0.15) is 10.3 Å². The van der Waals surface area contributed by atoms with Crippen LogP contribution in [-0.4, -0.2) is 17.4 Å². The van der Waals surface area contributed by atoms with Crippen LogP contribution in [0.2, 0.25) is 10.3 Å². The zero-order chi connectivity index (χ0) is 11.3. The molecule has 1 N–H and O–H groups in total. The molecule has 0 fully saturated rings. The molecule has 80 valence electrons. The van der Waals surface area contributed by atoms with Crippen molar-refractivity contribution in [2.45, 2.75) is 6.42 Å². The molecule has 1 amide bonds. The number of carbonyl (C=O) groups is 1. The minimum Gasteiger partial charge on any atom is -0.352 e. The number of carbonyl (C=O) groups excluding carboxylic acids is 1. The number of hydrogen-bond acceptors (Lipinski definition) is 2. The van der Waals surface area contributed by atoms with Crippen molar-refractivity contribution in [3.05, 3.63) is 40.7 Å². The average Bonchev–Trinajstić information content (AvgIpc) is 2.16. The first kappa shape index (κ1) is 12.0. The Balaban J connectivity index is 2.69. The van der Waals surface area contributed by atoms with E-state index in [1.54, 1.807) is 6.08 Å². The Bertz CT molecular complexity index is 359. The molecule has 0 atom stereocenters. The summed E-state index contributed by atoms with van der Waals surface area (Å²) >= 11 is 11.3. The van der Waals surface area contributed by atoms with Gasteiger partial charge in [0.15, 0.2) is 0 Å². The predicted octanol–water partition coefficient (Wildman–Crippen LogP) is 2.69. The van der Waals surface area contributed by atoms with Crippen molar-refractivity contribution in [3.63, 3.8) is 0 Å². The first-order chi connectivity index (χ1) is 7.13. The zero-order valence-electron chi connectivity index (χ0n) is 7.96. The van der Waals surface area contributed by atoms with Gasteiger partial charge in [-0.25, -0.2) is 4.98 Å². The highest BCUT2D eigenvalue weighted by Crippen LogP contribution is 2.14. The van der Waals surface area contributed by atoms with Crippen molar-refractivity contribution in [2.75, 3.05) is 6.54 Å². The van der Waals surface area contributed by atoms with Crippen LogP contribution in [0.3, 0.4) is 0 Å². The predicted molar refractivity (Wildman–Crippen MR) is 61.4 cm³/mol. The molecule has 0 aromatic carbocycles. The lowest BCUT2D eigenvalue weighted by atomic mass is 10.2. The van der Waals surface area contributed by atoms with Crippen LogP contribution in [-0.2, 0) is 0 Å². The monoisotopic (exact) mass is 244 g/mol. The van der Waals surface area contributed by atoms with E-state index in [9.17, 15) is 4.79 Å². The summed E-state index contributed by atoms with van der Waals surface area (Å²) in [6.45, 7) is 4.10. The van der Waals surface area contributed by atoms with Gasteiger partial charge in [-0.2, -0.15) is 0 Å². The maximum atomic E-state index is 11.5. The molecule has 0 aliphatic carbocycles. The van der Waals surface area contributed by atoms with Gasteiger partial charge in [0.25, 0.3) is 5.91 Å². The third kappa shape index (κ3) is 3.90. The number of rotatable bonds is 4. The standard InChI is InChI=1S/C10H10Cl2N2O/c1-2-3-4-13-10(15)7-5-8(11)14-9(12)6-7/h2,5-6H,1,3-4H2,(H,13,15). The van der Waals surface area contributed by atoms with Crippen molar-refractivity contribution >= 4 is 29.1 Å². The molecule has 0 radical (unpaired) electrons. The molecule has 15 heavy (non-hydrogen) atoms. The van der Waals surface area contributed by atoms with Crippen LogP contribution < -0.4 is 5.32 Å². The largest absolute Gasteiger partial charge is 0.352 e. The van der Waals surface area contributed by atoms with Gasteiger partial charge in [0, 0.05) is 12.1 Å². The van der Waals surface area contributed by atoms with Crippen LogP contribution in [0.1, 0.15) is 16.8 Å². The Hall–Kier alpha value is -1.06. The summed E-state index contributed by atoms with van der Waals surface area (Å²) in [5.41, 5.74) is 0.407. The van der Waals surface area contributed by atoms with Crippen LogP contribution in [0.5, 0.6) is 0 Å². The zero-order valence-corrected chi connectivity index (χ0v) is 9.48. The molecule has 1 rings (SSSR count). The van der Waals surface area contributed by atoms with Gasteiger partial charge in [-0.3, -0.25) is 4.79 Å². The number of halogens is 2. The van der Waals surface area contributed by atoms with E-state index in [1.165, 1.54) is 12.1 Å². The second kappa shape index (κ2) is 5.73. The molecule has 1 aromatic rings. The van der Waals surface area contributed by atoms with Crippen LogP contribution in [0.4, 0.5) is 0 Å². The SMILES string of the molecule is C=CCCNC(=O)c1cc(Cl)nc(Cl)c1. The van der Waals surface area contributed by atoms with E-state index in [0.29, 0.717) is 12.1 Å². The molecule has 1 heterocycles. The van der Waals surface area contributed by atoms with Gasteiger partial charge in [0.05, 0.1) is 0 Å². The minimum atomic E-state index is -0.219. The highest BCUT2D eigenvalue weighted by atomic mass is 35.5. The fraction of sp³-hybridized carbons (Fsp3) is 0.200. The maximum absolute atomic E-state index is 11.5. The van der Waals surface area contributed by atoms with Gasteiger partial charge >= 0.3 is 0 Å². The van der Waals surface area contributed by atoms with Crippen molar-refractivity contribution in [2.24, 2.45) is 0 Å².